The predicted octanol–water partition coefficient (Wildman–Crippen LogP) is 3.44. The van der Waals surface area contributed by atoms with Crippen LogP contribution in [0.15, 0.2) is 47.3 Å². The lowest BCUT2D eigenvalue weighted by molar-refractivity contribution is 0.0697. The van der Waals surface area contributed by atoms with Crippen LogP contribution in [0.1, 0.15) is 35.1 Å². The summed E-state index contributed by atoms with van der Waals surface area (Å²) in [5.74, 6) is 0.323. The van der Waals surface area contributed by atoms with Gasteiger partial charge in [0.05, 0.1) is 23.1 Å². The highest BCUT2D eigenvalue weighted by atomic mass is 16.5. The molecule has 0 amide bonds. The maximum atomic E-state index is 12.8. The zero-order valence-electron chi connectivity index (χ0n) is 14.8. The van der Waals surface area contributed by atoms with Crippen LogP contribution in [0.3, 0.4) is 0 Å². The topological polar surface area (TPSA) is 81.4 Å². The molecule has 2 aromatic carbocycles. The van der Waals surface area contributed by atoms with Crippen molar-refractivity contribution in [1.82, 2.24) is 9.55 Å². The number of nitrogens with zero attached hydrogens (tertiary/aromatic N) is 2. The van der Waals surface area contributed by atoms with E-state index in [1.54, 1.807) is 4.57 Å². The summed E-state index contributed by atoms with van der Waals surface area (Å²) >= 11 is 0. The summed E-state index contributed by atoms with van der Waals surface area (Å²) < 4.78 is 7.32. The smallest absolute Gasteiger partial charge is 0.335 e. The van der Waals surface area contributed by atoms with Crippen molar-refractivity contribution in [2.45, 2.75) is 19.9 Å². The van der Waals surface area contributed by atoms with Gasteiger partial charge in [-0.1, -0.05) is 18.2 Å². The van der Waals surface area contributed by atoms with Crippen LogP contribution in [0.4, 0.5) is 0 Å². The molecule has 3 aromatic rings. The van der Waals surface area contributed by atoms with Gasteiger partial charge in [-0.3, -0.25) is 9.36 Å². The van der Waals surface area contributed by atoms with Crippen LogP contribution >= 0.6 is 0 Å². The molecule has 27 heavy (non-hydrogen) atoms. The van der Waals surface area contributed by atoms with E-state index in [9.17, 15) is 14.7 Å². The summed E-state index contributed by atoms with van der Waals surface area (Å²) in [7, 11) is 0. The van der Waals surface area contributed by atoms with Crippen molar-refractivity contribution >= 4 is 28.5 Å². The molecular weight excluding hydrogens is 344 g/mol. The van der Waals surface area contributed by atoms with Gasteiger partial charge in [0.2, 0.25) is 0 Å². The van der Waals surface area contributed by atoms with Gasteiger partial charge in [-0.15, -0.1) is 0 Å². The molecule has 0 radical (unpaired) electrons. The standard InChI is InChI=1S/C21H18N2O4/c1-2-27-18-6-4-3-5-13(18)11-14-9-10-23-19(14)22-17-12-15(21(25)26)7-8-16(17)20(23)24/h3-8,11-12H,2,9-10H2,1H3,(H,25,26)/b14-11-. The Morgan fingerprint density at radius 1 is 1.30 bits per heavy atom. The van der Waals surface area contributed by atoms with Crippen molar-refractivity contribution in [2.75, 3.05) is 6.61 Å². The van der Waals surface area contributed by atoms with Crippen molar-refractivity contribution in [3.05, 3.63) is 69.8 Å². The second-order valence-electron chi connectivity index (χ2n) is 6.32. The summed E-state index contributed by atoms with van der Waals surface area (Å²) in [5.41, 5.74) is 2.23. The minimum Gasteiger partial charge on any atom is -0.493 e. The van der Waals surface area contributed by atoms with E-state index in [-0.39, 0.29) is 11.1 Å². The van der Waals surface area contributed by atoms with Gasteiger partial charge in [0.15, 0.2) is 0 Å². The lowest BCUT2D eigenvalue weighted by Crippen LogP contribution is -2.21. The Kier molecular flexibility index (Phi) is 4.24. The number of allylic oxidation sites excluding steroid dienone is 1. The number of hydrogen-bond donors (Lipinski definition) is 1. The second kappa shape index (κ2) is 6.72. The third-order valence-corrected chi connectivity index (χ3v) is 4.64. The molecule has 4 rings (SSSR count). The zero-order chi connectivity index (χ0) is 19.0. The Morgan fingerprint density at radius 3 is 2.89 bits per heavy atom. The van der Waals surface area contributed by atoms with E-state index in [4.69, 9.17) is 4.74 Å². The average molecular weight is 362 g/mol. The Labute approximate surface area is 155 Å². The average Bonchev–Trinajstić information content (AvgIpc) is 3.06. The molecule has 1 N–H and O–H groups in total. The molecule has 6 heteroatoms. The summed E-state index contributed by atoms with van der Waals surface area (Å²) in [4.78, 5) is 28.6. The van der Waals surface area contributed by atoms with E-state index in [2.05, 4.69) is 4.98 Å². The maximum absolute atomic E-state index is 12.8. The number of carbonyl (C=O) groups is 1. The lowest BCUT2D eigenvalue weighted by atomic mass is 10.1. The number of hydrogen-bond acceptors (Lipinski definition) is 4. The zero-order valence-corrected chi connectivity index (χ0v) is 14.8. The van der Waals surface area contributed by atoms with Crippen LogP contribution in [0, 0.1) is 0 Å². The minimum absolute atomic E-state index is 0.115. The second-order valence-corrected chi connectivity index (χ2v) is 6.32. The van der Waals surface area contributed by atoms with Gasteiger partial charge in [-0.25, -0.2) is 9.78 Å². The third kappa shape index (κ3) is 2.99. The van der Waals surface area contributed by atoms with Gasteiger partial charge < -0.3 is 9.84 Å². The van der Waals surface area contributed by atoms with E-state index in [1.165, 1.54) is 18.2 Å². The van der Waals surface area contributed by atoms with E-state index >= 15 is 0 Å². The van der Waals surface area contributed by atoms with Crippen molar-refractivity contribution in [3.63, 3.8) is 0 Å². The van der Waals surface area contributed by atoms with Crippen LogP contribution in [0.5, 0.6) is 5.75 Å². The summed E-state index contributed by atoms with van der Waals surface area (Å²) in [6, 6.07) is 12.1. The molecule has 1 aliphatic heterocycles. The molecule has 0 saturated heterocycles. The number of aromatic nitrogens is 2. The van der Waals surface area contributed by atoms with Crippen LogP contribution in [-0.2, 0) is 6.54 Å². The highest BCUT2D eigenvalue weighted by molar-refractivity contribution is 5.93. The van der Waals surface area contributed by atoms with E-state index in [0.717, 1.165) is 16.9 Å². The number of rotatable bonds is 4. The number of ether oxygens (including phenoxy) is 1. The highest BCUT2D eigenvalue weighted by Gasteiger charge is 2.21. The fourth-order valence-electron chi connectivity index (χ4n) is 3.36. The molecule has 0 fully saturated rings. The number of carboxylic acid groups (broad SMARTS) is 1. The van der Waals surface area contributed by atoms with Crippen LogP contribution in [0.25, 0.3) is 22.6 Å². The van der Waals surface area contributed by atoms with Gasteiger partial charge in [-0.05, 0) is 49.3 Å². The summed E-state index contributed by atoms with van der Waals surface area (Å²) in [5, 5.41) is 9.63. The van der Waals surface area contributed by atoms with Gasteiger partial charge >= 0.3 is 5.97 Å². The number of carboxylic acids is 1. The van der Waals surface area contributed by atoms with E-state index in [0.29, 0.717) is 36.3 Å². The molecule has 0 bridgehead atoms. The number of aromatic carboxylic acids is 1. The Balaban J connectivity index is 1.87. The lowest BCUT2D eigenvalue weighted by Gasteiger charge is -2.08. The van der Waals surface area contributed by atoms with Crippen LogP contribution in [0.2, 0.25) is 0 Å². The normalized spacial score (nSPS) is 14.5. The first-order chi connectivity index (χ1) is 13.1. The van der Waals surface area contributed by atoms with Crippen molar-refractivity contribution in [2.24, 2.45) is 0 Å². The van der Waals surface area contributed by atoms with Gasteiger partial charge in [-0.2, -0.15) is 0 Å². The molecule has 2 heterocycles. The van der Waals surface area contributed by atoms with Crippen molar-refractivity contribution in [3.8, 4) is 5.75 Å². The van der Waals surface area contributed by atoms with Gasteiger partial charge in [0.25, 0.3) is 5.56 Å². The Hall–Kier alpha value is -3.41. The Morgan fingerprint density at radius 2 is 2.11 bits per heavy atom. The fourth-order valence-corrected chi connectivity index (χ4v) is 3.36. The maximum Gasteiger partial charge on any atom is 0.335 e. The monoisotopic (exact) mass is 362 g/mol. The first kappa shape index (κ1) is 17.0. The molecular formula is C21H18N2O4. The number of benzene rings is 2. The molecule has 0 atom stereocenters. The molecule has 0 unspecified atom stereocenters. The van der Waals surface area contributed by atoms with Gasteiger partial charge in [0, 0.05) is 12.1 Å². The highest BCUT2D eigenvalue weighted by Crippen LogP contribution is 2.30. The molecule has 0 saturated carbocycles. The Bertz CT molecular complexity index is 1140. The summed E-state index contributed by atoms with van der Waals surface area (Å²) in [6.45, 7) is 3.06. The third-order valence-electron chi connectivity index (χ3n) is 4.64. The predicted molar refractivity (Wildman–Crippen MR) is 103 cm³/mol. The van der Waals surface area contributed by atoms with Crippen molar-refractivity contribution < 1.29 is 14.6 Å². The van der Waals surface area contributed by atoms with E-state index in [1.807, 2.05) is 37.3 Å². The molecule has 0 aliphatic carbocycles. The molecule has 136 valence electrons. The fraction of sp³-hybridized carbons (Fsp3) is 0.190. The van der Waals surface area contributed by atoms with Gasteiger partial charge in [0.1, 0.15) is 11.6 Å². The number of para-hydroxylation sites is 1. The first-order valence-corrected chi connectivity index (χ1v) is 8.79. The van der Waals surface area contributed by atoms with Crippen LogP contribution in [-0.4, -0.2) is 27.2 Å². The SMILES string of the molecule is CCOc1ccccc1/C=C1/CCn2c1nc1cc(C(=O)O)ccc1c2=O. The summed E-state index contributed by atoms with van der Waals surface area (Å²) in [6.07, 6.45) is 2.67. The van der Waals surface area contributed by atoms with Crippen molar-refractivity contribution in [1.29, 1.82) is 0 Å². The number of fused-ring (bicyclic) bond motifs is 2. The molecule has 0 spiro atoms. The molecule has 1 aromatic heterocycles. The molecule has 6 nitrogen and oxygen atoms in total. The van der Waals surface area contributed by atoms with Crippen LogP contribution < -0.4 is 10.3 Å². The quantitative estimate of drug-likeness (QED) is 0.769. The first-order valence-electron chi connectivity index (χ1n) is 8.79. The minimum atomic E-state index is -1.04. The largest absolute Gasteiger partial charge is 0.493 e. The molecule has 1 aliphatic rings. The van der Waals surface area contributed by atoms with E-state index < -0.39 is 5.97 Å².